The highest BCUT2D eigenvalue weighted by atomic mass is 33.1. The molecule has 1 aromatic carbocycles. The van der Waals surface area contributed by atoms with Gasteiger partial charge in [-0.25, -0.2) is 0 Å². The maximum atomic E-state index is 12.0. The van der Waals surface area contributed by atoms with Crippen LogP contribution in [0, 0.1) is 0 Å². The second-order valence-corrected chi connectivity index (χ2v) is 7.98. The predicted octanol–water partition coefficient (Wildman–Crippen LogP) is 4.36. The zero-order valence-corrected chi connectivity index (χ0v) is 14.7. The molecule has 4 nitrogen and oxygen atoms in total. The summed E-state index contributed by atoms with van der Waals surface area (Å²) >= 11 is 0. The van der Waals surface area contributed by atoms with E-state index in [-0.39, 0.29) is 5.91 Å². The van der Waals surface area contributed by atoms with Crippen LogP contribution in [0.3, 0.4) is 0 Å². The van der Waals surface area contributed by atoms with Gasteiger partial charge in [0.25, 0.3) is 0 Å². The fourth-order valence-electron chi connectivity index (χ4n) is 2.34. The molecule has 0 bridgehead atoms. The molecule has 1 fully saturated rings. The summed E-state index contributed by atoms with van der Waals surface area (Å²) in [6.45, 7) is 0. The van der Waals surface area contributed by atoms with Gasteiger partial charge in [0, 0.05) is 23.5 Å². The van der Waals surface area contributed by atoms with Crippen molar-refractivity contribution in [1.82, 2.24) is 0 Å². The average molecular weight is 341 g/mol. The van der Waals surface area contributed by atoms with Crippen molar-refractivity contribution in [2.24, 2.45) is 0 Å². The van der Waals surface area contributed by atoms with Gasteiger partial charge >= 0.3 is 0 Å². The quantitative estimate of drug-likeness (QED) is 0.562. The first-order chi connectivity index (χ1) is 10.7. The lowest BCUT2D eigenvalue weighted by atomic mass is 10.1. The SMILES string of the molecule is COc1ccc(NC(=O)CCCCC2CCSS2)c(OC)c1. The minimum Gasteiger partial charge on any atom is -0.497 e. The summed E-state index contributed by atoms with van der Waals surface area (Å²) in [6, 6.07) is 5.39. The number of methoxy groups -OCH3 is 2. The monoisotopic (exact) mass is 341 g/mol. The molecule has 1 aromatic rings. The van der Waals surface area contributed by atoms with Crippen molar-refractivity contribution in [3.05, 3.63) is 18.2 Å². The van der Waals surface area contributed by atoms with Crippen LogP contribution in [0.5, 0.6) is 11.5 Å². The van der Waals surface area contributed by atoms with Crippen LogP contribution in [-0.2, 0) is 4.79 Å². The van der Waals surface area contributed by atoms with Crippen LogP contribution in [0.1, 0.15) is 32.1 Å². The summed E-state index contributed by atoms with van der Waals surface area (Å²) < 4.78 is 10.4. The van der Waals surface area contributed by atoms with Crippen LogP contribution in [-0.4, -0.2) is 31.1 Å². The van der Waals surface area contributed by atoms with E-state index < -0.39 is 0 Å². The third-order valence-corrected chi connectivity index (χ3v) is 6.60. The molecule has 0 aromatic heterocycles. The van der Waals surface area contributed by atoms with Crippen molar-refractivity contribution in [1.29, 1.82) is 0 Å². The van der Waals surface area contributed by atoms with Gasteiger partial charge < -0.3 is 14.8 Å². The van der Waals surface area contributed by atoms with E-state index in [1.165, 1.54) is 18.6 Å². The molecule has 0 spiro atoms. The minimum absolute atomic E-state index is 0.0388. The first kappa shape index (κ1) is 17.3. The van der Waals surface area contributed by atoms with Crippen LogP contribution >= 0.6 is 21.6 Å². The smallest absolute Gasteiger partial charge is 0.224 e. The minimum atomic E-state index is 0.0388. The van der Waals surface area contributed by atoms with E-state index in [9.17, 15) is 4.79 Å². The number of hydrogen-bond donors (Lipinski definition) is 1. The maximum Gasteiger partial charge on any atom is 0.224 e. The third kappa shape index (κ3) is 5.32. The molecule has 1 unspecified atom stereocenters. The second kappa shape index (κ2) is 9.20. The Balaban J connectivity index is 1.74. The van der Waals surface area contributed by atoms with Gasteiger partial charge in [-0.05, 0) is 31.4 Å². The van der Waals surface area contributed by atoms with Crippen molar-refractivity contribution in [3.63, 3.8) is 0 Å². The lowest BCUT2D eigenvalue weighted by Crippen LogP contribution is -2.12. The number of rotatable bonds is 8. The number of carbonyl (C=O) groups is 1. The number of unbranched alkanes of at least 4 members (excludes halogenated alkanes) is 1. The van der Waals surface area contributed by atoms with E-state index in [1.807, 2.05) is 33.7 Å². The highest BCUT2D eigenvalue weighted by molar-refractivity contribution is 8.77. The van der Waals surface area contributed by atoms with Crippen molar-refractivity contribution in [2.45, 2.75) is 37.4 Å². The lowest BCUT2D eigenvalue weighted by molar-refractivity contribution is -0.116. The van der Waals surface area contributed by atoms with E-state index in [2.05, 4.69) is 5.32 Å². The van der Waals surface area contributed by atoms with E-state index >= 15 is 0 Å². The number of hydrogen-bond acceptors (Lipinski definition) is 5. The molecule has 1 heterocycles. The van der Waals surface area contributed by atoms with Crippen LogP contribution in [0.2, 0.25) is 0 Å². The summed E-state index contributed by atoms with van der Waals surface area (Å²) in [5.41, 5.74) is 0.691. The van der Waals surface area contributed by atoms with Crippen LogP contribution < -0.4 is 14.8 Å². The molecule has 1 atom stereocenters. The maximum absolute atomic E-state index is 12.0. The Morgan fingerprint density at radius 1 is 1.32 bits per heavy atom. The van der Waals surface area contributed by atoms with Gasteiger partial charge in [-0.2, -0.15) is 0 Å². The predicted molar refractivity (Wildman–Crippen MR) is 95.1 cm³/mol. The number of ether oxygens (including phenoxy) is 2. The van der Waals surface area contributed by atoms with Gasteiger partial charge in [0.15, 0.2) is 0 Å². The Hall–Kier alpha value is -1.01. The molecule has 6 heteroatoms. The first-order valence-corrected chi connectivity index (χ1v) is 9.91. The molecule has 0 aliphatic carbocycles. The Kier molecular flexibility index (Phi) is 7.25. The molecule has 22 heavy (non-hydrogen) atoms. The molecule has 1 N–H and O–H groups in total. The van der Waals surface area contributed by atoms with E-state index in [4.69, 9.17) is 9.47 Å². The van der Waals surface area contributed by atoms with Crippen LogP contribution in [0.4, 0.5) is 5.69 Å². The van der Waals surface area contributed by atoms with Gasteiger partial charge in [-0.3, -0.25) is 4.79 Å². The van der Waals surface area contributed by atoms with Crippen LogP contribution in [0.15, 0.2) is 18.2 Å². The molecule has 1 aliphatic heterocycles. The topological polar surface area (TPSA) is 47.6 Å². The highest BCUT2D eigenvalue weighted by Crippen LogP contribution is 2.39. The Morgan fingerprint density at radius 3 is 2.86 bits per heavy atom. The summed E-state index contributed by atoms with van der Waals surface area (Å²) in [4.78, 5) is 12.0. The molecule has 122 valence electrons. The Morgan fingerprint density at radius 2 is 2.18 bits per heavy atom. The largest absolute Gasteiger partial charge is 0.497 e. The fraction of sp³-hybridized carbons (Fsp3) is 0.562. The normalized spacial score (nSPS) is 17.3. The summed E-state index contributed by atoms with van der Waals surface area (Å²) in [5.74, 6) is 2.64. The van der Waals surface area contributed by atoms with Gasteiger partial charge in [-0.15, -0.1) is 0 Å². The van der Waals surface area contributed by atoms with E-state index in [0.29, 0.717) is 23.6 Å². The van der Waals surface area contributed by atoms with Crippen molar-refractivity contribution in [3.8, 4) is 11.5 Å². The standard InChI is InChI=1S/C16H23NO3S2/c1-19-12-7-8-14(15(11-12)20-2)17-16(18)6-4-3-5-13-9-10-21-22-13/h7-8,11,13H,3-6,9-10H2,1-2H3,(H,17,18). The van der Waals surface area contributed by atoms with Crippen molar-refractivity contribution in [2.75, 3.05) is 25.3 Å². The molecule has 1 aliphatic rings. The van der Waals surface area contributed by atoms with E-state index in [0.717, 1.165) is 18.1 Å². The first-order valence-electron chi connectivity index (χ1n) is 7.53. The number of anilines is 1. The van der Waals surface area contributed by atoms with E-state index in [1.54, 1.807) is 20.3 Å². The van der Waals surface area contributed by atoms with Gasteiger partial charge in [-0.1, -0.05) is 28.0 Å². The average Bonchev–Trinajstić information content (AvgIpc) is 3.05. The zero-order chi connectivity index (χ0) is 15.8. The molecule has 0 saturated carbocycles. The number of carbonyl (C=O) groups excluding carboxylic acids is 1. The molecule has 0 radical (unpaired) electrons. The number of amides is 1. The van der Waals surface area contributed by atoms with Crippen molar-refractivity contribution >= 4 is 33.2 Å². The Bertz CT molecular complexity index is 490. The fourth-order valence-corrected chi connectivity index (χ4v) is 5.36. The molecular weight excluding hydrogens is 318 g/mol. The van der Waals surface area contributed by atoms with Gasteiger partial charge in [0.1, 0.15) is 11.5 Å². The third-order valence-electron chi connectivity index (χ3n) is 3.59. The van der Waals surface area contributed by atoms with Crippen molar-refractivity contribution < 1.29 is 14.3 Å². The summed E-state index contributed by atoms with van der Waals surface area (Å²) in [5, 5.41) is 3.70. The lowest BCUT2D eigenvalue weighted by Gasteiger charge is -2.12. The highest BCUT2D eigenvalue weighted by Gasteiger charge is 2.16. The summed E-state index contributed by atoms with van der Waals surface area (Å²) in [7, 11) is 7.16. The summed E-state index contributed by atoms with van der Waals surface area (Å²) in [6.07, 6.45) is 5.14. The molecular formula is C16H23NO3S2. The molecule has 2 rings (SSSR count). The number of benzene rings is 1. The van der Waals surface area contributed by atoms with Gasteiger partial charge in [0.05, 0.1) is 19.9 Å². The zero-order valence-electron chi connectivity index (χ0n) is 13.1. The van der Waals surface area contributed by atoms with Gasteiger partial charge in [0.2, 0.25) is 5.91 Å². The number of nitrogens with one attached hydrogen (secondary N) is 1. The van der Waals surface area contributed by atoms with Crippen LogP contribution in [0.25, 0.3) is 0 Å². The molecule has 1 saturated heterocycles. The Labute approximate surface area is 140 Å². The molecule has 1 amide bonds. The second-order valence-electron chi connectivity index (χ2n) is 5.19.